The summed E-state index contributed by atoms with van der Waals surface area (Å²) in [4.78, 5) is 17.0. The monoisotopic (exact) mass is 463 g/mol. The van der Waals surface area contributed by atoms with Crippen LogP contribution in [0.3, 0.4) is 0 Å². The molecule has 1 heterocycles. The summed E-state index contributed by atoms with van der Waals surface area (Å²) >= 11 is 2.41. The molecule has 0 aliphatic rings. The molecule has 9 nitrogen and oxygen atoms in total. The van der Waals surface area contributed by atoms with E-state index in [0.717, 1.165) is 34.1 Å². The highest BCUT2D eigenvalue weighted by atomic mass is 32.2. The van der Waals surface area contributed by atoms with Crippen molar-refractivity contribution in [3.8, 4) is 0 Å². The van der Waals surface area contributed by atoms with Crippen molar-refractivity contribution in [2.75, 3.05) is 25.3 Å². The zero-order valence-corrected chi connectivity index (χ0v) is 18.7. The second-order valence-electron chi connectivity index (χ2n) is 6.17. The number of nitro groups is 1. The topological polar surface area (TPSA) is 118 Å². The summed E-state index contributed by atoms with van der Waals surface area (Å²) in [6.45, 7) is 0. The van der Waals surface area contributed by atoms with Crippen LogP contribution in [0.4, 0.5) is 22.2 Å². The predicted octanol–water partition coefficient (Wildman–Crippen LogP) is 5.09. The number of nitrogens with zero attached hydrogens (tertiary/aromatic N) is 5. The number of anilines is 1. The Morgan fingerprint density at radius 2 is 1.83 bits per heavy atom. The van der Waals surface area contributed by atoms with Crippen LogP contribution in [0.25, 0.3) is 0 Å². The van der Waals surface area contributed by atoms with Crippen molar-refractivity contribution in [3.05, 3.63) is 58.8 Å². The highest BCUT2D eigenvalue weighted by Crippen LogP contribution is 2.35. The smallest absolute Gasteiger partial charge is 0.269 e. The molecule has 0 spiro atoms. The minimum atomic E-state index is -3.85. The molecule has 1 aromatic heterocycles. The van der Waals surface area contributed by atoms with Crippen molar-refractivity contribution in [2.24, 2.45) is 10.2 Å². The third-order valence-corrected chi connectivity index (χ3v) is 7.90. The number of hydrogen-bond acceptors (Lipinski definition) is 10. The van der Waals surface area contributed by atoms with Crippen LogP contribution in [0.5, 0.6) is 0 Å². The van der Waals surface area contributed by atoms with Crippen LogP contribution in [0.15, 0.2) is 72.9 Å². The second-order valence-corrected chi connectivity index (χ2v) is 10.2. The first-order valence-corrected chi connectivity index (χ1v) is 12.0. The number of nitro benzene ring substituents is 1. The molecule has 3 rings (SSSR count). The zero-order valence-electron chi connectivity index (χ0n) is 16.2. The zero-order chi connectivity index (χ0) is 21.9. The Kier molecular flexibility index (Phi) is 6.48. The number of thioether (sulfide) groups is 1. The number of thiazole rings is 1. The predicted molar refractivity (Wildman–Crippen MR) is 117 cm³/mol. The Labute approximate surface area is 181 Å². The first-order valence-electron chi connectivity index (χ1n) is 8.45. The van der Waals surface area contributed by atoms with Gasteiger partial charge in [-0.3, -0.25) is 10.1 Å². The molecule has 12 heteroatoms. The van der Waals surface area contributed by atoms with E-state index >= 15 is 0 Å². The van der Waals surface area contributed by atoms with Crippen LogP contribution in [0.1, 0.15) is 0 Å². The lowest BCUT2D eigenvalue weighted by atomic mass is 10.3. The maximum absolute atomic E-state index is 12.7. The van der Waals surface area contributed by atoms with E-state index in [4.69, 9.17) is 0 Å². The first-order chi connectivity index (χ1) is 14.2. The van der Waals surface area contributed by atoms with Gasteiger partial charge in [0.25, 0.3) is 5.69 Å². The van der Waals surface area contributed by atoms with Gasteiger partial charge in [-0.1, -0.05) is 11.3 Å². The van der Waals surface area contributed by atoms with Gasteiger partial charge in [0.1, 0.15) is 4.21 Å². The number of non-ortho nitro benzene ring substituents is 1. The largest absolute Gasteiger partial charge is 0.378 e. The number of aromatic nitrogens is 1. The van der Waals surface area contributed by atoms with Crippen molar-refractivity contribution in [3.63, 3.8) is 0 Å². The van der Waals surface area contributed by atoms with Gasteiger partial charge in [-0.2, -0.15) is 0 Å². The van der Waals surface area contributed by atoms with Crippen molar-refractivity contribution in [1.82, 2.24) is 4.98 Å². The molecule has 0 amide bonds. The van der Waals surface area contributed by atoms with Crippen LogP contribution in [0.2, 0.25) is 0 Å². The lowest BCUT2D eigenvalue weighted by molar-refractivity contribution is -0.384. The average Bonchev–Trinajstić information content (AvgIpc) is 3.22. The third-order valence-electron chi connectivity index (χ3n) is 4.02. The minimum absolute atomic E-state index is 0.0154. The van der Waals surface area contributed by atoms with E-state index in [0.29, 0.717) is 5.69 Å². The Balaban J connectivity index is 1.85. The molecule has 156 valence electrons. The van der Waals surface area contributed by atoms with E-state index < -0.39 is 14.8 Å². The van der Waals surface area contributed by atoms with Crippen molar-refractivity contribution >= 4 is 55.1 Å². The van der Waals surface area contributed by atoms with E-state index in [1.807, 2.05) is 43.5 Å². The van der Waals surface area contributed by atoms with Gasteiger partial charge >= 0.3 is 0 Å². The van der Waals surface area contributed by atoms with Gasteiger partial charge in [0.2, 0.25) is 15.0 Å². The highest BCUT2D eigenvalue weighted by molar-refractivity contribution is 7.98. The Morgan fingerprint density at radius 1 is 1.13 bits per heavy atom. The Bertz CT molecular complexity index is 1200. The first kappa shape index (κ1) is 21.9. The van der Waals surface area contributed by atoms with Crippen molar-refractivity contribution < 1.29 is 13.3 Å². The number of sulfone groups is 1. The number of hydrogen-bond donors (Lipinski definition) is 0. The minimum Gasteiger partial charge on any atom is -0.378 e. The van der Waals surface area contributed by atoms with Gasteiger partial charge in [0.15, 0.2) is 0 Å². The molecule has 2 aromatic carbocycles. The van der Waals surface area contributed by atoms with E-state index in [9.17, 15) is 18.5 Å². The molecular formula is C18H17N5O4S3. The van der Waals surface area contributed by atoms with Crippen LogP contribution < -0.4 is 4.90 Å². The molecular weight excluding hydrogens is 446 g/mol. The molecule has 0 aliphatic carbocycles. The highest BCUT2D eigenvalue weighted by Gasteiger charge is 2.22. The SMILES string of the molecule is CSc1cc(N(C)C)ccc1N=Nc1ncc(S(=O)(=O)c2ccc([N+](=O)[O-])cc2)s1. The van der Waals surface area contributed by atoms with Gasteiger partial charge in [-0.05, 0) is 36.6 Å². The summed E-state index contributed by atoms with van der Waals surface area (Å²) in [6.07, 6.45) is 3.15. The van der Waals surface area contributed by atoms with Gasteiger partial charge in [0, 0.05) is 36.8 Å². The molecule has 0 radical (unpaired) electrons. The second kappa shape index (κ2) is 8.90. The molecule has 3 aromatic rings. The number of benzene rings is 2. The Morgan fingerprint density at radius 3 is 2.43 bits per heavy atom. The lowest BCUT2D eigenvalue weighted by Gasteiger charge is -2.13. The van der Waals surface area contributed by atoms with Gasteiger partial charge in [-0.15, -0.1) is 22.0 Å². The standard InChI is InChI=1S/C18H17N5O4S3/c1-22(2)13-6-9-15(16(10-13)28-3)20-21-18-19-11-17(29-18)30(26,27)14-7-4-12(5-8-14)23(24)25/h4-11H,1-3H3. The third kappa shape index (κ3) is 4.66. The fourth-order valence-electron chi connectivity index (χ4n) is 2.41. The summed E-state index contributed by atoms with van der Waals surface area (Å²) < 4.78 is 25.4. The molecule has 0 bridgehead atoms. The fraction of sp³-hybridized carbons (Fsp3) is 0.167. The summed E-state index contributed by atoms with van der Waals surface area (Å²) in [5.41, 5.74) is 1.50. The van der Waals surface area contributed by atoms with Crippen molar-refractivity contribution in [2.45, 2.75) is 14.0 Å². The summed E-state index contributed by atoms with van der Waals surface area (Å²) in [5, 5.41) is 19.2. The summed E-state index contributed by atoms with van der Waals surface area (Å²) in [5.74, 6) is 0. The average molecular weight is 464 g/mol. The number of azo groups is 1. The molecule has 0 atom stereocenters. The molecule has 0 unspecified atom stereocenters. The van der Waals surface area contributed by atoms with Crippen LogP contribution >= 0.6 is 23.1 Å². The van der Waals surface area contributed by atoms with Crippen LogP contribution in [-0.2, 0) is 9.84 Å². The maximum Gasteiger partial charge on any atom is 0.269 e. The fourth-order valence-corrected chi connectivity index (χ4v) is 5.31. The molecule has 0 N–H and O–H groups in total. The van der Waals surface area contributed by atoms with E-state index in [1.165, 1.54) is 30.1 Å². The molecule has 0 saturated carbocycles. The summed E-state index contributed by atoms with van der Waals surface area (Å²) in [6, 6.07) is 10.4. The quantitative estimate of drug-likeness (QED) is 0.207. The van der Waals surface area contributed by atoms with E-state index in [-0.39, 0.29) is 19.9 Å². The molecule has 30 heavy (non-hydrogen) atoms. The lowest BCUT2D eigenvalue weighted by Crippen LogP contribution is -2.08. The van der Waals surface area contributed by atoms with Gasteiger partial charge in [-0.25, -0.2) is 13.4 Å². The van der Waals surface area contributed by atoms with Crippen LogP contribution in [0, 0.1) is 10.1 Å². The van der Waals surface area contributed by atoms with Crippen LogP contribution in [-0.4, -0.2) is 38.7 Å². The van der Waals surface area contributed by atoms with E-state index in [2.05, 4.69) is 15.2 Å². The Hall–Kier alpha value is -2.83. The van der Waals surface area contributed by atoms with Crippen molar-refractivity contribution in [1.29, 1.82) is 0 Å². The molecule has 0 saturated heterocycles. The number of rotatable bonds is 7. The normalized spacial score (nSPS) is 11.7. The molecule has 0 fully saturated rings. The van der Waals surface area contributed by atoms with Gasteiger partial charge < -0.3 is 4.90 Å². The van der Waals surface area contributed by atoms with E-state index in [1.54, 1.807) is 0 Å². The maximum atomic E-state index is 12.7. The molecule has 0 aliphatic heterocycles. The summed E-state index contributed by atoms with van der Waals surface area (Å²) in [7, 11) is 0.0456. The van der Waals surface area contributed by atoms with Gasteiger partial charge in [0.05, 0.1) is 21.7 Å².